The summed E-state index contributed by atoms with van der Waals surface area (Å²) in [6, 6.07) is 7.82. The molecule has 2 aromatic rings. The molecule has 0 aliphatic heterocycles. The summed E-state index contributed by atoms with van der Waals surface area (Å²) in [6.45, 7) is 2.33. The van der Waals surface area contributed by atoms with Gasteiger partial charge in [0.1, 0.15) is 6.04 Å². The number of aryl methyl sites for hydroxylation is 1. The number of ether oxygens (including phenoxy) is 1. The van der Waals surface area contributed by atoms with Gasteiger partial charge in [-0.05, 0) is 17.5 Å². The van der Waals surface area contributed by atoms with Crippen molar-refractivity contribution in [3.05, 3.63) is 46.5 Å². The quantitative estimate of drug-likeness (QED) is 0.800. The van der Waals surface area contributed by atoms with E-state index in [4.69, 9.17) is 10.5 Å². The Morgan fingerprint density at radius 2 is 2.17 bits per heavy atom. The van der Waals surface area contributed by atoms with Crippen molar-refractivity contribution >= 4 is 34.8 Å². The van der Waals surface area contributed by atoms with Crippen LogP contribution in [-0.2, 0) is 22.4 Å². The van der Waals surface area contributed by atoms with E-state index in [1.165, 1.54) is 29.6 Å². The lowest BCUT2D eigenvalue weighted by Crippen LogP contribution is -2.39. The molecule has 7 heteroatoms. The van der Waals surface area contributed by atoms with Crippen molar-refractivity contribution in [2.45, 2.75) is 25.8 Å². The maximum Gasteiger partial charge on any atom is 0.245 e. The molecule has 0 saturated carbocycles. The highest BCUT2D eigenvalue weighted by molar-refractivity contribution is 7.15. The molecular weight excluding hydrogens is 334 g/mol. The number of carbonyl (C=O) groups excluding carboxylic acids is 1. The summed E-state index contributed by atoms with van der Waals surface area (Å²) in [5.41, 5.74) is 8.25. The minimum absolute atomic E-state index is 0. The van der Waals surface area contributed by atoms with E-state index < -0.39 is 6.04 Å². The molecule has 1 amide bonds. The number of aromatic nitrogens is 1. The molecule has 1 heterocycles. The fraction of sp³-hybridized carbons (Fsp3) is 0.375. The third-order valence-corrected chi connectivity index (χ3v) is 4.16. The summed E-state index contributed by atoms with van der Waals surface area (Å²) in [5.74, 6) is -0.282. The Balaban J connectivity index is 0.00000264. The maximum atomic E-state index is 11.8. The first-order valence-corrected chi connectivity index (χ1v) is 8.02. The number of nitrogens with zero attached hydrogens (tertiary/aromatic N) is 1. The standard InChI is InChI=1S/C16H21N3O2S.ClH/c1-3-11-5-4-6-12(7-11)8-13-9-18-16(22-13)19-15(20)14(17)10-21-2;/h4-7,9,14H,3,8,10,17H2,1-2H3,(H,18,19,20);1H. The van der Waals surface area contributed by atoms with Crippen LogP contribution in [0, 0.1) is 0 Å². The Morgan fingerprint density at radius 3 is 2.87 bits per heavy atom. The Kier molecular flexibility index (Phi) is 8.19. The molecule has 1 atom stereocenters. The fourth-order valence-corrected chi connectivity index (χ4v) is 2.91. The van der Waals surface area contributed by atoms with Gasteiger partial charge in [-0.25, -0.2) is 4.98 Å². The van der Waals surface area contributed by atoms with Gasteiger partial charge in [-0.3, -0.25) is 4.79 Å². The zero-order valence-corrected chi connectivity index (χ0v) is 14.9. The number of amides is 1. The van der Waals surface area contributed by atoms with Gasteiger partial charge in [-0.2, -0.15) is 0 Å². The zero-order valence-electron chi connectivity index (χ0n) is 13.2. The van der Waals surface area contributed by atoms with Crippen LogP contribution in [0.1, 0.15) is 22.9 Å². The lowest BCUT2D eigenvalue weighted by molar-refractivity contribution is -0.118. The summed E-state index contributed by atoms with van der Waals surface area (Å²) in [5, 5.41) is 3.29. The predicted molar refractivity (Wildman–Crippen MR) is 96.5 cm³/mol. The highest BCUT2D eigenvalue weighted by Crippen LogP contribution is 2.21. The Morgan fingerprint density at radius 1 is 1.43 bits per heavy atom. The van der Waals surface area contributed by atoms with Crippen LogP contribution in [0.15, 0.2) is 30.5 Å². The average molecular weight is 356 g/mol. The molecule has 23 heavy (non-hydrogen) atoms. The third-order valence-electron chi connectivity index (χ3n) is 3.24. The fourth-order valence-electron chi connectivity index (χ4n) is 2.06. The van der Waals surface area contributed by atoms with Crippen molar-refractivity contribution in [3.63, 3.8) is 0 Å². The van der Waals surface area contributed by atoms with Gasteiger partial charge in [-0.15, -0.1) is 23.7 Å². The molecule has 1 aromatic heterocycles. The van der Waals surface area contributed by atoms with Gasteiger partial charge < -0.3 is 15.8 Å². The van der Waals surface area contributed by atoms with E-state index in [1.54, 1.807) is 6.20 Å². The lowest BCUT2D eigenvalue weighted by atomic mass is 10.1. The molecule has 3 N–H and O–H groups in total. The second-order valence-electron chi connectivity index (χ2n) is 5.03. The minimum atomic E-state index is -0.682. The number of nitrogens with two attached hydrogens (primary N) is 1. The molecule has 0 radical (unpaired) electrons. The molecular formula is C16H22ClN3O2S. The highest BCUT2D eigenvalue weighted by atomic mass is 35.5. The van der Waals surface area contributed by atoms with Crippen molar-refractivity contribution in [3.8, 4) is 0 Å². The van der Waals surface area contributed by atoms with Crippen molar-refractivity contribution in [1.29, 1.82) is 0 Å². The van der Waals surface area contributed by atoms with Crippen molar-refractivity contribution < 1.29 is 9.53 Å². The summed E-state index contributed by atoms with van der Waals surface area (Å²) in [4.78, 5) is 17.1. The van der Waals surface area contributed by atoms with Crippen molar-refractivity contribution in [2.75, 3.05) is 19.0 Å². The summed E-state index contributed by atoms with van der Waals surface area (Å²) >= 11 is 1.47. The Hall–Kier alpha value is -1.47. The highest BCUT2D eigenvalue weighted by Gasteiger charge is 2.14. The zero-order chi connectivity index (χ0) is 15.9. The number of methoxy groups -OCH3 is 1. The summed E-state index contributed by atoms with van der Waals surface area (Å²) in [6.07, 6.45) is 3.63. The molecule has 0 aliphatic rings. The minimum Gasteiger partial charge on any atom is -0.383 e. The Bertz CT molecular complexity index is 633. The van der Waals surface area contributed by atoms with Crippen LogP contribution in [-0.4, -0.2) is 30.6 Å². The van der Waals surface area contributed by atoms with Gasteiger partial charge >= 0.3 is 0 Å². The van der Waals surface area contributed by atoms with Crippen LogP contribution in [0.4, 0.5) is 5.13 Å². The molecule has 0 bridgehead atoms. The van der Waals surface area contributed by atoms with Gasteiger partial charge in [0.05, 0.1) is 6.61 Å². The molecule has 0 aliphatic carbocycles. The molecule has 0 spiro atoms. The second-order valence-corrected chi connectivity index (χ2v) is 6.15. The first kappa shape index (κ1) is 19.6. The first-order valence-electron chi connectivity index (χ1n) is 7.20. The Labute approximate surface area is 146 Å². The molecule has 0 fully saturated rings. The number of anilines is 1. The lowest BCUT2D eigenvalue weighted by Gasteiger charge is -2.08. The van der Waals surface area contributed by atoms with Crippen LogP contribution in [0.5, 0.6) is 0 Å². The molecule has 2 rings (SSSR count). The van der Waals surface area contributed by atoms with Gasteiger partial charge in [-0.1, -0.05) is 31.2 Å². The number of nitrogens with one attached hydrogen (secondary N) is 1. The number of benzene rings is 1. The van der Waals surface area contributed by atoms with Gasteiger partial charge in [0.2, 0.25) is 5.91 Å². The average Bonchev–Trinajstić information content (AvgIpc) is 2.94. The molecule has 1 unspecified atom stereocenters. The van der Waals surface area contributed by atoms with Crippen LogP contribution in [0.2, 0.25) is 0 Å². The van der Waals surface area contributed by atoms with E-state index in [0.29, 0.717) is 5.13 Å². The normalized spacial score (nSPS) is 11.6. The first-order chi connectivity index (χ1) is 10.6. The number of rotatable bonds is 7. The van der Waals surface area contributed by atoms with Crippen molar-refractivity contribution in [1.82, 2.24) is 4.98 Å². The largest absolute Gasteiger partial charge is 0.383 e. The number of carbonyl (C=O) groups is 1. The summed E-state index contributed by atoms with van der Waals surface area (Å²) < 4.78 is 4.87. The predicted octanol–water partition coefficient (Wildman–Crippen LogP) is 2.63. The van der Waals surface area contributed by atoms with Gasteiger partial charge in [0.25, 0.3) is 0 Å². The monoisotopic (exact) mass is 355 g/mol. The van der Waals surface area contributed by atoms with E-state index in [1.807, 2.05) is 0 Å². The molecule has 0 saturated heterocycles. The smallest absolute Gasteiger partial charge is 0.245 e. The van der Waals surface area contributed by atoms with Crippen LogP contribution in [0.25, 0.3) is 0 Å². The van der Waals surface area contributed by atoms with Gasteiger partial charge in [0.15, 0.2) is 5.13 Å². The van der Waals surface area contributed by atoms with E-state index in [9.17, 15) is 4.79 Å². The van der Waals surface area contributed by atoms with Crippen LogP contribution >= 0.6 is 23.7 Å². The topological polar surface area (TPSA) is 77.2 Å². The molecule has 5 nitrogen and oxygen atoms in total. The van der Waals surface area contributed by atoms with Crippen LogP contribution < -0.4 is 11.1 Å². The van der Waals surface area contributed by atoms with Crippen LogP contribution in [0.3, 0.4) is 0 Å². The number of hydrogen-bond donors (Lipinski definition) is 2. The van der Waals surface area contributed by atoms with E-state index in [-0.39, 0.29) is 24.9 Å². The second kappa shape index (κ2) is 9.62. The van der Waals surface area contributed by atoms with E-state index in [0.717, 1.165) is 17.7 Å². The third kappa shape index (κ3) is 5.91. The van der Waals surface area contributed by atoms with Crippen molar-refractivity contribution in [2.24, 2.45) is 5.73 Å². The molecule has 126 valence electrons. The summed E-state index contributed by atoms with van der Waals surface area (Å²) in [7, 11) is 1.51. The SMILES string of the molecule is CCc1cccc(Cc2cnc(NC(=O)C(N)COC)s2)c1.Cl. The maximum absolute atomic E-state index is 11.8. The van der Waals surface area contributed by atoms with E-state index >= 15 is 0 Å². The number of halogens is 1. The number of thiazole rings is 1. The van der Waals surface area contributed by atoms with E-state index in [2.05, 4.69) is 41.5 Å². The van der Waals surface area contributed by atoms with Gasteiger partial charge in [0, 0.05) is 24.6 Å². The number of hydrogen-bond acceptors (Lipinski definition) is 5. The molecule has 1 aromatic carbocycles.